The van der Waals surface area contributed by atoms with E-state index in [2.05, 4.69) is 19.2 Å². The van der Waals surface area contributed by atoms with Gasteiger partial charge in [0.05, 0.1) is 18.1 Å². The van der Waals surface area contributed by atoms with Crippen molar-refractivity contribution in [2.75, 3.05) is 11.5 Å². The van der Waals surface area contributed by atoms with Gasteiger partial charge >= 0.3 is 0 Å². The highest BCUT2D eigenvalue weighted by Crippen LogP contribution is 2.13. The number of hydrogen-bond acceptors (Lipinski definition) is 3. The lowest BCUT2D eigenvalue weighted by Crippen LogP contribution is -2.28. The zero-order valence-corrected chi connectivity index (χ0v) is 10.8. The van der Waals surface area contributed by atoms with Crippen LogP contribution in [0, 0.1) is 5.92 Å². The highest BCUT2D eigenvalue weighted by atomic mass is 32.2. The van der Waals surface area contributed by atoms with E-state index in [4.69, 9.17) is 4.42 Å². The standard InChI is InChI=1S/C12H19NO2S/c1-9(2)7-16-8-12(14)13-10(3)11-5-4-6-15-11/h4-6,9-10H,7-8H2,1-3H3,(H,13,14). The third-order valence-electron chi connectivity index (χ3n) is 2.03. The van der Waals surface area contributed by atoms with Gasteiger partial charge in [-0.1, -0.05) is 13.8 Å². The Bertz CT molecular complexity index is 309. The van der Waals surface area contributed by atoms with Crippen molar-refractivity contribution in [3.8, 4) is 0 Å². The van der Waals surface area contributed by atoms with E-state index in [9.17, 15) is 4.79 Å². The quantitative estimate of drug-likeness (QED) is 0.832. The molecule has 1 unspecified atom stereocenters. The maximum absolute atomic E-state index is 11.6. The average Bonchev–Trinajstić information content (AvgIpc) is 2.69. The molecule has 0 aliphatic carbocycles. The summed E-state index contributed by atoms with van der Waals surface area (Å²) < 4.78 is 5.22. The van der Waals surface area contributed by atoms with Crippen molar-refractivity contribution in [1.82, 2.24) is 5.32 Å². The van der Waals surface area contributed by atoms with Crippen molar-refractivity contribution in [3.05, 3.63) is 24.2 Å². The molecule has 0 spiro atoms. The van der Waals surface area contributed by atoms with E-state index in [1.165, 1.54) is 0 Å². The molecule has 0 saturated carbocycles. The SMILES string of the molecule is CC(C)CSCC(=O)NC(C)c1ccco1. The van der Waals surface area contributed by atoms with Crippen LogP contribution in [0.1, 0.15) is 32.6 Å². The molecule has 16 heavy (non-hydrogen) atoms. The van der Waals surface area contributed by atoms with Crippen molar-refractivity contribution in [1.29, 1.82) is 0 Å². The molecule has 3 nitrogen and oxygen atoms in total. The molecule has 0 aromatic carbocycles. The zero-order valence-electron chi connectivity index (χ0n) is 10.0. The van der Waals surface area contributed by atoms with Crippen LogP contribution in [0.4, 0.5) is 0 Å². The molecule has 0 aliphatic heterocycles. The maximum atomic E-state index is 11.6. The lowest BCUT2D eigenvalue weighted by molar-refractivity contribution is -0.119. The van der Waals surface area contributed by atoms with Crippen molar-refractivity contribution >= 4 is 17.7 Å². The Morgan fingerprint density at radius 2 is 2.25 bits per heavy atom. The van der Waals surface area contributed by atoms with Crippen molar-refractivity contribution in [2.45, 2.75) is 26.8 Å². The minimum atomic E-state index is -0.0536. The Labute approximate surface area is 101 Å². The van der Waals surface area contributed by atoms with Gasteiger partial charge < -0.3 is 9.73 Å². The number of furan rings is 1. The number of amides is 1. The molecule has 1 atom stereocenters. The van der Waals surface area contributed by atoms with Crippen LogP contribution < -0.4 is 5.32 Å². The minimum Gasteiger partial charge on any atom is -0.467 e. The lowest BCUT2D eigenvalue weighted by Gasteiger charge is -2.11. The summed E-state index contributed by atoms with van der Waals surface area (Å²) in [5.74, 6) is 3.02. The smallest absolute Gasteiger partial charge is 0.230 e. The number of thioether (sulfide) groups is 1. The van der Waals surface area contributed by atoms with Gasteiger partial charge in [0.25, 0.3) is 0 Å². The summed E-state index contributed by atoms with van der Waals surface area (Å²) in [5, 5.41) is 2.90. The van der Waals surface area contributed by atoms with Crippen LogP contribution in [0.5, 0.6) is 0 Å². The molecule has 0 radical (unpaired) electrons. The number of rotatable bonds is 6. The van der Waals surface area contributed by atoms with Gasteiger partial charge in [0, 0.05) is 0 Å². The molecule has 4 heteroatoms. The van der Waals surface area contributed by atoms with Crippen LogP contribution >= 0.6 is 11.8 Å². The summed E-state index contributed by atoms with van der Waals surface area (Å²) in [6.45, 7) is 6.22. The highest BCUT2D eigenvalue weighted by molar-refractivity contribution is 7.99. The molecular weight excluding hydrogens is 222 g/mol. The molecule has 1 heterocycles. The molecule has 0 bridgehead atoms. The molecule has 1 aromatic rings. The predicted molar refractivity (Wildman–Crippen MR) is 67.4 cm³/mol. The summed E-state index contributed by atoms with van der Waals surface area (Å²) in [6, 6.07) is 3.64. The van der Waals surface area contributed by atoms with Crippen molar-refractivity contribution < 1.29 is 9.21 Å². The largest absolute Gasteiger partial charge is 0.467 e. The molecular formula is C12H19NO2S. The van der Waals surface area contributed by atoms with Crippen molar-refractivity contribution in [3.63, 3.8) is 0 Å². The molecule has 90 valence electrons. The van der Waals surface area contributed by atoms with E-state index in [0.717, 1.165) is 11.5 Å². The molecule has 1 N–H and O–H groups in total. The van der Waals surface area contributed by atoms with E-state index < -0.39 is 0 Å². The average molecular weight is 241 g/mol. The highest BCUT2D eigenvalue weighted by Gasteiger charge is 2.11. The van der Waals surface area contributed by atoms with Gasteiger partial charge in [0.1, 0.15) is 5.76 Å². The molecule has 0 aliphatic rings. The Morgan fingerprint density at radius 1 is 1.50 bits per heavy atom. The van der Waals surface area contributed by atoms with Gasteiger partial charge in [-0.2, -0.15) is 11.8 Å². The van der Waals surface area contributed by atoms with Crippen LogP contribution in [-0.4, -0.2) is 17.4 Å². The topological polar surface area (TPSA) is 42.2 Å². The van der Waals surface area contributed by atoms with Crippen LogP contribution in [0.3, 0.4) is 0 Å². The predicted octanol–water partition coefficient (Wildman–Crippen LogP) is 2.85. The molecule has 0 saturated heterocycles. The van der Waals surface area contributed by atoms with E-state index in [-0.39, 0.29) is 11.9 Å². The number of carbonyl (C=O) groups is 1. The molecule has 0 fully saturated rings. The van der Waals surface area contributed by atoms with Gasteiger partial charge in [-0.25, -0.2) is 0 Å². The van der Waals surface area contributed by atoms with E-state index in [1.54, 1.807) is 18.0 Å². The zero-order chi connectivity index (χ0) is 12.0. The summed E-state index contributed by atoms with van der Waals surface area (Å²) >= 11 is 1.67. The summed E-state index contributed by atoms with van der Waals surface area (Å²) in [5.41, 5.74) is 0. The normalized spacial score (nSPS) is 12.8. The number of hydrogen-bond donors (Lipinski definition) is 1. The van der Waals surface area contributed by atoms with Crippen LogP contribution in [0.15, 0.2) is 22.8 Å². The third kappa shape index (κ3) is 4.75. The number of carbonyl (C=O) groups excluding carboxylic acids is 1. The fourth-order valence-electron chi connectivity index (χ4n) is 1.28. The minimum absolute atomic E-state index is 0.0536. The first kappa shape index (κ1) is 13.2. The number of nitrogens with one attached hydrogen (secondary N) is 1. The third-order valence-corrected chi connectivity index (χ3v) is 3.40. The van der Waals surface area contributed by atoms with Crippen LogP contribution in [0.25, 0.3) is 0 Å². The van der Waals surface area contributed by atoms with Crippen LogP contribution in [0.2, 0.25) is 0 Å². The Hall–Kier alpha value is -0.900. The van der Waals surface area contributed by atoms with E-state index in [0.29, 0.717) is 11.7 Å². The fourth-order valence-corrected chi connectivity index (χ4v) is 2.14. The Balaban J connectivity index is 2.24. The second-order valence-electron chi connectivity index (χ2n) is 4.21. The second-order valence-corrected chi connectivity index (χ2v) is 5.24. The van der Waals surface area contributed by atoms with E-state index >= 15 is 0 Å². The van der Waals surface area contributed by atoms with Gasteiger partial charge in [-0.05, 0) is 30.7 Å². The molecule has 1 rings (SSSR count). The van der Waals surface area contributed by atoms with Crippen molar-refractivity contribution in [2.24, 2.45) is 5.92 Å². The van der Waals surface area contributed by atoms with E-state index in [1.807, 2.05) is 19.1 Å². The Morgan fingerprint density at radius 3 is 2.81 bits per heavy atom. The molecule has 1 amide bonds. The first-order valence-corrected chi connectivity index (χ1v) is 6.65. The summed E-state index contributed by atoms with van der Waals surface area (Å²) in [4.78, 5) is 11.6. The van der Waals surface area contributed by atoms with Crippen LogP contribution in [-0.2, 0) is 4.79 Å². The van der Waals surface area contributed by atoms with Gasteiger partial charge in [0.2, 0.25) is 5.91 Å². The molecule has 1 aromatic heterocycles. The Kier molecular flexibility index (Phi) is 5.46. The monoisotopic (exact) mass is 241 g/mol. The first-order chi connectivity index (χ1) is 7.59. The maximum Gasteiger partial charge on any atom is 0.230 e. The first-order valence-electron chi connectivity index (χ1n) is 5.50. The van der Waals surface area contributed by atoms with Gasteiger partial charge in [-0.3, -0.25) is 4.79 Å². The second kappa shape index (κ2) is 6.63. The van der Waals surface area contributed by atoms with Gasteiger partial charge in [-0.15, -0.1) is 0 Å². The fraction of sp³-hybridized carbons (Fsp3) is 0.583. The lowest BCUT2D eigenvalue weighted by atomic mass is 10.2. The summed E-state index contributed by atoms with van der Waals surface area (Å²) in [6.07, 6.45) is 1.62. The summed E-state index contributed by atoms with van der Waals surface area (Å²) in [7, 11) is 0. The van der Waals surface area contributed by atoms with Gasteiger partial charge in [0.15, 0.2) is 0 Å².